The predicted molar refractivity (Wildman–Crippen MR) is 68.3 cm³/mol. The van der Waals surface area contributed by atoms with Crippen LogP contribution in [-0.2, 0) is 6.61 Å². The molecule has 0 amide bonds. The average Bonchev–Trinajstić information content (AvgIpc) is 2.97. The highest BCUT2D eigenvalue weighted by molar-refractivity contribution is 5.81. The number of fused-ring (bicyclic) bond motifs is 1. The van der Waals surface area contributed by atoms with Crippen molar-refractivity contribution in [2.45, 2.75) is 13.0 Å². The van der Waals surface area contributed by atoms with Crippen LogP contribution in [0, 0.1) is 0 Å². The molecule has 0 aliphatic rings. The minimum absolute atomic E-state index is 0.0490. The SMILES string of the molecule is O=c1cc(C(F)F)c2ccc(OCc3cnco3)cc2o1. The quantitative estimate of drug-likeness (QED) is 0.690. The number of alkyl halides is 2. The molecule has 0 atom stereocenters. The van der Waals surface area contributed by atoms with Gasteiger partial charge in [-0.2, -0.15) is 0 Å². The molecule has 21 heavy (non-hydrogen) atoms. The number of nitrogens with zero attached hydrogens (tertiary/aromatic N) is 1. The zero-order valence-corrected chi connectivity index (χ0v) is 10.6. The van der Waals surface area contributed by atoms with Crippen molar-refractivity contribution in [1.29, 1.82) is 0 Å². The number of hydrogen-bond acceptors (Lipinski definition) is 5. The van der Waals surface area contributed by atoms with Gasteiger partial charge in [-0.25, -0.2) is 18.6 Å². The maximum atomic E-state index is 12.9. The van der Waals surface area contributed by atoms with Gasteiger partial charge in [0.1, 0.15) is 17.9 Å². The summed E-state index contributed by atoms with van der Waals surface area (Å²) in [5, 5.41) is 0.177. The molecule has 0 saturated heterocycles. The first-order valence-corrected chi connectivity index (χ1v) is 5.99. The van der Waals surface area contributed by atoms with E-state index in [0.717, 1.165) is 6.07 Å². The Bertz CT molecular complexity index is 811. The van der Waals surface area contributed by atoms with Gasteiger partial charge in [-0.3, -0.25) is 0 Å². The molecule has 0 bridgehead atoms. The van der Waals surface area contributed by atoms with Crippen molar-refractivity contribution in [3.8, 4) is 5.75 Å². The highest BCUT2D eigenvalue weighted by Gasteiger charge is 2.15. The lowest BCUT2D eigenvalue weighted by Crippen LogP contribution is -2.01. The molecule has 108 valence electrons. The molecular weight excluding hydrogens is 284 g/mol. The Morgan fingerprint density at radius 3 is 2.86 bits per heavy atom. The number of halogens is 2. The third-order valence-corrected chi connectivity index (χ3v) is 2.85. The monoisotopic (exact) mass is 293 g/mol. The molecule has 1 aromatic carbocycles. The maximum absolute atomic E-state index is 12.9. The van der Waals surface area contributed by atoms with Crippen molar-refractivity contribution >= 4 is 11.0 Å². The second-order valence-electron chi connectivity index (χ2n) is 4.24. The van der Waals surface area contributed by atoms with Gasteiger partial charge in [-0.1, -0.05) is 0 Å². The molecule has 3 rings (SSSR count). The summed E-state index contributed by atoms with van der Waals surface area (Å²) >= 11 is 0. The standard InChI is InChI=1S/C14H9F2NO4/c15-14(16)11-4-13(18)21-12-3-8(1-2-10(11)12)19-6-9-5-17-7-20-9/h1-5,7,14H,6H2. The number of oxazole rings is 1. The van der Waals surface area contributed by atoms with E-state index in [1.165, 1.54) is 30.8 Å². The van der Waals surface area contributed by atoms with Gasteiger partial charge in [0.15, 0.2) is 12.2 Å². The molecular formula is C14H9F2NO4. The van der Waals surface area contributed by atoms with Gasteiger partial charge in [0.25, 0.3) is 6.43 Å². The topological polar surface area (TPSA) is 65.5 Å². The van der Waals surface area contributed by atoms with Crippen molar-refractivity contribution in [3.05, 3.63) is 58.6 Å². The van der Waals surface area contributed by atoms with Gasteiger partial charge in [0.05, 0.1) is 6.20 Å². The van der Waals surface area contributed by atoms with Crippen LogP contribution in [0.4, 0.5) is 8.78 Å². The molecule has 0 saturated carbocycles. The lowest BCUT2D eigenvalue weighted by atomic mass is 10.1. The number of aromatic nitrogens is 1. The van der Waals surface area contributed by atoms with Crippen molar-refractivity contribution in [2.24, 2.45) is 0 Å². The van der Waals surface area contributed by atoms with Gasteiger partial charge in [-0.05, 0) is 12.1 Å². The van der Waals surface area contributed by atoms with Crippen LogP contribution in [0.5, 0.6) is 5.75 Å². The molecule has 7 heteroatoms. The Balaban J connectivity index is 1.94. The number of hydrogen-bond donors (Lipinski definition) is 0. The van der Waals surface area contributed by atoms with Gasteiger partial charge >= 0.3 is 5.63 Å². The first-order chi connectivity index (χ1) is 10.1. The zero-order valence-electron chi connectivity index (χ0n) is 10.6. The van der Waals surface area contributed by atoms with Gasteiger partial charge in [-0.15, -0.1) is 0 Å². The average molecular weight is 293 g/mol. The molecule has 3 aromatic rings. The van der Waals surface area contributed by atoms with Gasteiger partial charge in [0, 0.05) is 23.1 Å². The summed E-state index contributed by atoms with van der Waals surface area (Å²) in [7, 11) is 0. The van der Waals surface area contributed by atoms with Gasteiger partial charge < -0.3 is 13.6 Å². The van der Waals surface area contributed by atoms with Crippen LogP contribution in [0.15, 0.2) is 50.5 Å². The fraction of sp³-hybridized carbons (Fsp3) is 0.143. The van der Waals surface area contributed by atoms with E-state index in [-0.39, 0.29) is 23.1 Å². The Morgan fingerprint density at radius 1 is 1.29 bits per heavy atom. The predicted octanol–water partition coefficient (Wildman–Crippen LogP) is 3.30. The second kappa shape index (κ2) is 5.35. The summed E-state index contributed by atoms with van der Waals surface area (Å²) < 4.78 is 41.1. The smallest absolute Gasteiger partial charge is 0.336 e. The third kappa shape index (κ3) is 2.76. The fourth-order valence-corrected chi connectivity index (χ4v) is 1.91. The zero-order chi connectivity index (χ0) is 14.8. The lowest BCUT2D eigenvalue weighted by Gasteiger charge is -2.07. The molecule has 0 radical (unpaired) electrons. The first kappa shape index (κ1) is 13.3. The highest BCUT2D eigenvalue weighted by atomic mass is 19.3. The maximum Gasteiger partial charge on any atom is 0.336 e. The van der Waals surface area contributed by atoms with Crippen molar-refractivity contribution < 1.29 is 22.4 Å². The lowest BCUT2D eigenvalue weighted by molar-refractivity contribution is 0.152. The van der Waals surface area contributed by atoms with E-state index in [1.807, 2.05) is 0 Å². The second-order valence-corrected chi connectivity index (χ2v) is 4.24. The van der Waals surface area contributed by atoms with Crippen LogP contribution in [0.25, 0.3) is 11.0 Å². The van der Waals surface area contributed by atoms with E-state index in [1.54, 1.807) is 0 Å². The van der Waals surface area contributed by atoms with Gasteiger partial charge in [0.2, 0.25) is 0 Å². The Morgan fingerprint density at radius 2 is 2.14 bits per heavy atom. The van der Waals surface area contributed by atoms with Crippen molar-refractivity contribution in [2.75, 3.05) is 0 Å². The molecule has 0 spiro atoms. The molecule has 0 unspecified atom stereocenters. The highest BCUT2D eigenvalue weighted by Crippen LogP contribution is 2.28. The minimum Gasteiger partial charge on any atom is -0.485 e. The molecule has 0 aliphatic carbocycles. The fourth-order valence-electron chi connectivity index (χ4n) is 1.91. The summed E-state index contributed by atoms with van der Waals surface area (Å²) in [4.78, 5) is 15.0. The van der Waals surface area contributed by atoms with E-state index in [0.29, 0.717) is 11.5 Å². The molecule has 2 heterocycles. The van der Waals surface area contributed by atoms with E-state index in [4.69, 9.17) is 13.6 Å². The summed E-state index contributed by atoms with van der Waals surface area (Å²) in [5.74, 6) is 0.881. The number of rotatable bonds is 4. The Labute approximate surface area is 116 Å². The molecule has 0 N–H and O–H groups in total. The van der Waals surface area contributed by atoms with Crippen LogP contribution in [-0.4, -0.2) is 4.98 Å². The van der Waals surface area contributed by atoms with Crippen molar-refractivity contribution in [3.63, 3.8) is 0 Å². The summed E-state index contributed by atoms with van der Waals surface area (Å²) in [6.45, 7) is 0.129. The van der Waals surface area contributed by atoms with E-state index in [9.17, 15) is 13.6 Å². The van der Waals surface area contributed by atoms with Crippen LogP contribution in [0.3, 0.4) is 0 Å². The van der Waals surface area contributed by atoms with E-state index >= 15 is 0 Å². The summed E-state index contributed by atoms with van der Waals surface area (Å²) in [6, 6.07) is 5.13. The molecule has 0 aliphatic heterocycles. The first-order valence-electron chi connectivity index (χ1n) is 5.99. The van der Waals surface area contributed by atoms with Crippen LogP contribution >= 0.6 is 0 Å². The minimum atomic E-state index is -2.75. The molecule has 2 aromatic heterocycles. The summed E-state index contributed by atoms with van der Waals surface area (Å²) in [5.41, 5.74) is -1.14. The molecule has 5 nitrogen and oxygen atoms in total. The van der Waals surface area contributed by atoms with E-state index in [2.05, 4.69) is 4.98 Å². The normalized spacial score (nSPS) is 11.2. The Kier molecular flexibility index (Phi) is 3.39. The van der Waals surface area contributed by atoms with Crippen LogP contribution in [0.2, 0.25) is 0 Å². The summed E-state index contributed by atoms with van der Waals surface area (Å²) in [6.07, 6.45) is 0.0147. The Hall–Kier alpha value is -2.70. The third-order valence-electron chi connectivity index (χ3n) is 2.85. The van der Waals surface area contributed by atoms with E-state index < -0.39 is 12.1 Å². The number of ether oxygens (including phenoxy) is 1. The molecule has 0 fully saturated rings. The number of benzene rings is 1. The van der Waals surface area contributed by atoms with Crippen LogP contribution < -0.4 is 10.4 Å². The van der Waals surface area contributed by atoms with Crippen molar-refractivity contribution in [1.82, 2.24) is 4.98 Å². The largest absolute Gasteiger partial charge is 0.485 e. The van der Waals surface area contributed by atoms with Crippen LogP contribution in [0.1, 0.15) is 17.7 Å².